The Bertz CT molecular complexity index is 924. The predicted octanol–water partition coefficient (Wildman–Crippen LogP) is 5.12. The van der Waals surface area contributed by atoms with Crippen LogP contribution in [-0.2, 0) is 0 Å². The van der Waals surface area contributed by atoms with Gasteiger partial charge in [-0.15, -0.1) is 0 Å². The van der Waals surface area contributed by atoms with Crippen LogP contribution in [0.25, 0.3) is 6.08 Å². The summed E-state index contributed by atoms with van der Waals surface area (Å²) >= 11 is 0. The Balaban J connectivity index is 1.85. The van der Waals surface area contributed by atoms with Crippen molar-refractivity contribution in [3.05, 3.63) is 88.7 Å². The first kappa shape index (κ1) is 19.8. The molecular formula is C24H26O4. The van der Waals surface area contributed by atoms with Gasteiger partial charge in [-0.2, -0.15) is 0 Å². The average molecular weight is 378 g/mol. The standard InChI is InChI=1S/C24H26O4/c1-16-14-19(10-12-22(16)26)17(6-8-18-4-2-3-5-23(18)27)7-9-20-15-21(25)11-13-24(20)28/h2-6,8,10-14,17,21,25-28H,7,9,15H2,1H3/b8-6-/t17-,21?/m1/s1. The van der Waals surface area contributed by atoms with Gasteiger partial charge in [0, 0.05) is 17.9 Å². The molecule has 0 radical (unpaired) electrons. The highest BCUT2D eigenvalue weighted by Gasteiger charge is 2.17. The van der Waals surface area contributed by atoms with Crippen LogP contribution in [0.4, 0.5) is 0 Å². The Morgan fingerprint density at radius 2 is 1.86 bits per heavy atom. The topological polar surface area (TPSA) is 80.9 Å². The van der Waals surface area contributed by atoms with E-state index in [1.54, 1.807) is 30.4 Å². The van der Waals surface area contributed by atoms with Crippen molar-refractivity contribution in [1.29, 1.82) is 0 Å². The summed E-state index contributed by atoms with van der Waals surface area (Å²) < 4.78 is 0. The number of aryl methyl sites for hydroxylation is 1. The molecule has 4 nitrogen and oxygen atoms in total. The minimum absolute atomic E-state index is 0.0299. The van der Waals surface area contributed by atoms with E-state index in [1.807, 2.05) is 43.3 Å². The normalized spacial score (nSPS) is 18.0. The lowest BCUT2D eigenvalue weighted by atomic mass is 9.88. The molecule has 146 valence electrons. The zero-order valence-corrected chi connectivity index (χ0v) is 15.9. The summed E-state index contributed by atoms with van der Waals surface area (Å²) in [5.41, 5.74) is 3.43. The quantitative estimate of drug-likeness (QED) is 0.563. The number of hydrogen-bond acceptors (Lipinski definition) is 4. The third-order valence-corrected chi connectivity index (χ3v) is 5.14. The second-order valence-corrected chi connectivity index (χ2v) is 7.23. The Hall–Kier alpha value is -2.98. The monoisotopic (exact) mass is 378 g/mol. The molecule has 1 aliphatic carbocycles. The first-order valence-corrected chi connectivity index (χ1v) is 9.47. The Morgan fingerprint density at radius 3 is 2.61 bits per heavy atom. The van der Waals surface area contributed by atoms with E-state index < -0.39 is 6.10 Å². The van der Waals surface area contributed by atoms with Crippen molar-refractivity contribution in [2.45, 2.75) is 38.2 Å². The van der Waals surface area contributed by atoms with Crippen LogP contribution in [0.2, 0.25) is 0 Å². The van der Waals surface area contributed by atoms with Crippen LogP contribution in [0, 0.1) is 6.92 Å². The van der Waals surface area contributed by atoms with Gasteiger partial charge in [-0.1, -0.05) is 48.6 Å². The van der Waals surface area contributed by atoms with Gasteiger partial charge in [-0.3, -0.25) is 0 Å². The van der Waals surface area contributed by atoms with Crippen molar-refractivity contribution in [3.8, 4) is 11.5 Å². The second kappa shape index (κ2) is 8.81. The molecule has 28 heavy (non-hydrogen) atoms. The molecule has 0 saturated heterocycles. The lowest BCUT2D eigenvalue weighted by Crippen LogP contribution is -2.10. The number of allylic oxidation sites excluding steroid dienone is 2. The van der Waals surface area contributed by atoms with Gasteiger partial charge in [0.05, 0.1) is 6.10 Å². The number of aromatic hydroxyl groups is 2. The number of phenolic OH excluding ortho intramolecular Hbond substituents is 2. The summed E-state index contributed by atoms with van der Waals surface area (Å²) in [6, 6.07) is 12.7. The molecule has 0 bridgehead atoms. The molecule has 1 aliphatic rings. The SMILES string of the molecule is Cc1cc([C@H](/C=C\c2ccccc2O)CCC2=C(O)C=CC(O)C2)ccc1O. The van der Waals surface area contributed by atoms with Crippen LogP contribution in [0.3, 0.4) is 0 Å². The smallest absolute Gasteiger partial charge is 0.122 e. The lowest BCUT2D eigenvalue weighted by molar-refractivity contribution is 0.215. The summed E-state index contributed by atoms with van der Waals surface area (Å²) in [5.74, 6) is 0.742. The van der Waals surface area contributed by atoms with E-state index in [9.17, 15) is 20.4 Å². The van der Waals surface area contributed by atoms with Gasteiger partial charge >= 0.3 is 0 Å². The van der Waals surface area contributed by atoms with E-state index in [1.165, 1.54) is 0 Å². The third kappa shape index (κ3) is 4.84. The van der Waals surface area contributed by atoms with Crippen LogP contribution >= 0.6 is 0 Å². The largest absolute Gasteiger partial charge is 0.508 e. The third-order valence-electron chi connectivity index (χ3n) is 5.14. The van der Waals surface area contributed by atoms with Crippen LogP contribution in [-0.4, -0.2) is 26.5 Å². The van der Waals surface area contributed by atoms with E-state index in [2.05, 4.69) is 0 Å². The highest BCUT2D eigenvalue weighted by atomic mass is 16.3. The fourth-order valence-electron chi connectivity index (χ4n) is 3.44. The molecule has 2 aromatic carbocycles. The van der Waals surface area contributed by atoms with Gasteiger partial charge in [-0.25, -0.2) is 0 Å². The minimum Gasteiger partial charge on any atom is -0.508 e. The number of phenols is 2. The van der Waals surface area contributed by atoms with Crippen molar-refractivity contribution in [1.82, 2.24) is 0 Å². The molecule has 0 saturated carbocycles. The van der Waals surface area contributed by atoms with Crippen LogP contribution in [0.1, 0.15) is 41.9 Å². The van der Waals surface area contributed by atoms with Crippen molar-refractivity contribution in [2.24, 2.45) is 0 Å². The van der Waals surface area contributed by atoms with E-state index in [4.69, 9.17) is 0 Å². The summed E-state index contributed by atoms with van der Waals surface area (Å²) in [4.78, 5) is 0. The molecule has 4 heteroatoms. The van der Waals surface area contributed by atoms with Crippen LogP contribution < -0.4 is 0 Å². The molecule has 4 N–H and O–H groups in total. The second-order valence-electron chi connectivity index (χ2n) is 7.23. The molecule has 3 rings (SSSR count). The Morgan fingerprint density at radius 1 is 1.07 bits per heavy atom. The number of aliphatic hydroxyl groups is 2. The maximum absolute atomic E-state index is 10.1. The number of para-hydroxylation sites is 1. The fourth-order valence-corrected chi connectivity index (χ4v) is 3.44. The molecule has 2 atom stereocenters. The van der Waals surface area contributed by atoms with Gasteiger partial charge < -0.3 is 20.4 Å². The van der Waals surface area contributed by atoms with Gasteiger partial charge in [0.15, 0.2) is 0 Å². The van der Waals surface area contributed by atoms with E-state index >= 15 is 0 Å². The van der Waals surface area contributed by atoms with E-state index in [0.717, 1.165) is 28.7 Å². The highest BCUT2D eigenvalue weighted by Crippen LogP contribution is 2.32. The molecule has 0 spiro atoms. The average Bonchev–Trinajstić information content (AvgIpc) is 2.68. The molecule has 0 aromatic heterocycles. The van der Waals surface area contributed by atoms with Crippen molar-refractivity contribution in [2.75, 3.05) is 0 Å². The van der Waals surface area contributed by atoms with Crippen LogP contribution in [0.5, 0.6) is 11.5 Å². The predicted molar refractivity (Wildman–Crippen MR) is 111 cm³/mol. The fraction of sp³-hybridized carbons (Fsp3) is 0.250. The van der Waals surface area contributed by atoms with Gasteiger partial charge in [-0.05, 0) is 54.7 Å². The number of benzene rings is 2. The molecule has 0 aliphatic heterocycles. The molecule has 0 fully saturated rings. The Labute approximate surface area is 165 Å². The first-order valence-electron chi connectivity index (χ1n) is 9.47. The number of rotatable bonds is 6. The maximum Gasteiger partial charge on any atom is 0.122 e. The van der Waals surface area contributed by atoms with Gasteiger partial charge in [0.2, 0.25) is 0 Å². The van der Waals surface area contributed by atoms with E-state index in [0.29, 0.717) is 12.8 Å². The summed E-state index contributed by atoms with van der Waals surface area (Å²) in [6.45, 7) is 1.86. The van der Waals surface area contributed by atoms with Gasteiger partial charge in [0.25, 0.3) is 0 Å². The van der Waals surface area contributed by atoms with Crippen molar-refractivity contribution >= 4 is 6.08 Å². The minimum atomic E-state index is -0.558. The van der Waals surface area contributed by atoms with Crippen molar-refractivity contribution < 1.29 is 20.4 Å². The van der Waals surface area contributed by atoms with Crippen molar-refractivity contribution in [3.63, 3.8) is 0 Å². The zero-order valence-electron chi connectivity index (χ0n) is 15.9. The number of aliphatic hydroxyl groups excluding tert-OH is 2. The number of hydrogen-bond donors (Lipinski definition) is 4. The van der Waals surface area contributed by atoms with Gasteiger partial charge in [0.1, 0.15) is 17.3 Å². The summed E-state index contributed by atoms with van der Waals surface area (Å²) in [7, 11) is 0. The van der Waals surface area contributed by atoms with E-state index in [-0.39, 0.29) is 23.2 Å². The summed E-state index contributed by atoms with van der Waals surface area (Å²) in [5, 5.41) is 39.8. The Kier molecular flexibility index (Phi) is 6.22. The molecule has 0 amide bonds. The first-order chi connectivity index (χ1) is 13.4. The molecule has 2 aromatic rings. The summed E-state index contributed by atoms with van der Waals surface area (Å²) in [6.07, 6.45) is 8.33. The molecular weight excluding hydrogens is 352 g/mol. The molecule has 1 unspecified atom stereocenters. The maximum atomic E-state index is 10.1. The lowest BCUT2D eigenvalue weighted by Gasteiger charge is -2.19. The molecule has 0 heterocycles. The van der Waals surface area contributed by atoms with Crippen LogP contribution in [0.15, 0.2) is 72.0 Å². The zero-order chi connectivity index (χ0) is 20.1. The highest BCUT2D eigenvalue weighted by molar-refractivity contribution is 5.57.